The van der Waals surface area contributed by atoms with Crippen LogP contribution in [-0.4, -0.2) is 76.6 Å². The van der Waals surface area contributed by atoms with E-state index >= 15 is 0 Å². The Kier molecular flexibility index (Phi) is 4.54. The van der Waals surface area contributed by atoms with Gasteiger partial charge in [0.1, 0.15) is 0 Å². The van der Waals surface area contributed by atoms with Gasteiger partial charge in [-0.25, -0.2) is 0 Å². The third-order valence-electron chi connectivity index (χ3n) is 4.18. The van der Waals surface area contributed by atoms with Gasteiger partial charge in [0.2, 0.25) is 11.8 Å². The highest BCUT2D eigenvalue weighted by Crippen LogP contribution is 2.20. The molecule has 2 saturated heterocycles. The van der Waals surface area contributed by atoms with Crippen LogP contribution in [0.4, 0.5) is 0 Å². The second kappa shape index (κ2) is 6.39. The van der Waals surface area contributed by atoms with Gasteiger partial charge < -0.3 is 14.3 Å². The van der Waals surface area contributed by atoms with Gasteiger partial charge >= 0.3 is 0 Å². The molecule has 0 saturated carbocycles. The summed E-state index contributed by atoms with van der Waals surface area (Å²) in [4.78, 5) is 4.50. The van der Waals surface area contributed by atoms with Crippen LogP contribution in [0, 0.1) is 0 Å². The lowest BCUT2D eigenvalue weighted by Crippen LogP contribution is -2.48. The van der Waals surface area contributed by atoms with Gasteiger partial charge in [0, 0.05) is 38.1 Å². The van der Waals surface area contributed by atoms with E-state index in [1.807, 2.05) is 13.8 Å². The molecule has 0 radical (unpaired) electrons. The normalized spacial score (nSPS) is 28.6. The fourth-order valence-corrected chi connectivity index (χ4v) is 3.00. The fraction of sp³-hybridized carbons (Fsp3) is 0.857. The van der Waals surface area contributed by atoms with E-state index in [2.05, 4.69) is 20.0 Å². The van der Waals surface area contributed by atoms with E-state index in [1.54, 1.807) is 0 Å². The maximum absolute atomic E-state index is 10.3. The number of aliphatic hydroxyl groups is 1. The van der Waals surface area contributed by atoms with Gasteiger partial charge in [-0.15, -0.1) is 10.2 Å². The molecule has 3 heterocycles. The van der Waals surface area contributed by atoms with Crippen LogP contribution >= 0.6 is 0 Å². The molecule has 1 N–H and O–H groups in total. The maximum atomic E-state index is 10.3. The van der Waals surface area contributed by atoms with Crippen molar-refractivity contribution < 1.29 is 14.3 Å². The monoisotopic (exact) mass is 296 g/mol. The molecule has 0 amide bonds. The summed E-state index contributed by atoms with van der Waals surface area (Å²) in [6.07, 6.45) is -0.324. The maximum Gasteiger partial charge on any atom is 0.230 e. The van der Waals surface area contributed by atoms with Gasteiger partial charge in [-0.2, -0.15) is 0 Å². The molecule has 2 atom stereocenters. The molecule has 0 aromatic carbocycles. The summed E-state index contributed by atoms with van der Waals surface area (Å²) in [5.41, 5.74) is 0. The second-order valence-electron chi connectivity index (χ2n) is 6.17. The average molecular weight is 296 g/mol. The molecule has 0 bridgehead atoms. The molecule has 1 aromatic heterocycles. The zero-order chi connectivity index (χ0) is 14.8. The number of ether oxygens (including phenoxy) is 1. The molecule has 21 heavy (non-hydrogen) atoms. The first-order valence-corrected chi connectivity index (χ1v) is 7.68. The van der Waals surface area contributed by atoms with E-state index in [0.717, 1.165) is 32.8 Å². The van der Waals surface area contributed by atoms with Gasteiger partial charge in [0.25, 0.3) is 0 Å². The van der Waals surface area contributed by atoms with Crippen molar-refractivity contribution in [3.8, 4) is 0 Å². The van der Waals surface area contributed by atoms with Gasteiger partial charge in [-0.05, 0) is 0 Å². The van der Waals surface area contributed by atoms with Crippen LogP contribution in [0.2, 0.25) is 0 Å². The lowest BCUT2D eigenvalue weighted by molar-refractivity contribution is -0.00620. The van der Waals surface area contributed by atoms with Gasteiger partial charge in [0.15, 0.2) is 0 Å². The zero-order valence-electron chi connectivity index (χ0n) is 12.7. The first kappa shape index (κ1) is 14.9. The van der Waals surface area contributed by atoms with Crippen molar-refractivity contribution in [2.75, 3.05) is 39.4 Å². The van der Waals surface area contributed by atoms with Crippen molar-refractivity contribution in [1.29, 1.82) is 0 Å². The van der Waals surface area contributed by atoms with E-state index in [1.165, 1.54) is 0 Å². The first-order valence-electron chi connectivity index (χ1n) is 7.68. The van der Waals surface area contributed by atoms with Crippen molar-refractivity contribution in [3.63, 3.8) is 0 Å². The molecule has 7 heteroatoms. The minimum atomic E-state index is -0.324. The SMILES string of the molecule is CC(C)c1nnc(CN2C[C@@H](O)[C@H](N3CCOCC3)C2)o1. The standard InChI is InChI=1S/C14H24N4O3/c1-10(2)14-16-15-13(21-14)9-17-7-11(12(19)8-17)18-3-5-20-6-4-18/h10-12,19H,3-9H2,1-2H3/t11-,12-/m1/s1. The van der Waals surface area contributed by atoms with Gasteiger partial charge in [-0.1, -0.05) is 13.8 Å². The summed E-state index contributed by atoms with van der Waals surface area (Å²) in [5.74, 6) is 1.56. The van der Waals surface area contributed by atoms with Crippen LogP contribution in [-0.2, 0) is 11.3 Å². The Labute approximate surface area is 124 Å². The van der Waals surface area contributed by atoms with Crippen LogP contribution in [0.3, 0.4) is 0 Å². The van der Waals surface area contributed by atoms with Crippen molar-refractivity contribution in [2.24, 2.45) is 0 Å². The molecular formula is C14H24N4O3. The minimum absolute atomic E-state index is 0.182. The Hall–Kier alpha value is -1.02. The fourth-order valence-electron chi connectivity index (χ4n) is 3.00. The molecule has 2 aliphatic heterocycles. The number of aromatic nitrogens is 2. The number of morpholine rings is 1. The molecule has 118 valence electrons. The number of likely N-dealkylation sites (tertiary alicyclic amines) is 1. The second-order valence-corrected chi connectivity index (χ2v) is 6.17. The largest absolute Gasteiger partial charge is 0.424 e. The number of hydrogen-bond donors (Lipinski definition) is 1. The summed E-state index contributed by atoms with van der Waals surface area (Å²) < 4.78 is 11.0. The topological polar surface area (TPSA) is 74.9 Å². The van der Waals surface area contributed by atoms with Crippen molar-refractivity contribution >= 4 is 0 Å². The van der Waals surface area contributed by atoms with Crippen molar-refractivity contribution in [2.45, 2.75) is 38.5 Å². The van der Waals surface area contributed by atoms with E-state index in [9.17, 15) is 5.11 Å². The van der Waals surface area contributed by atoms with Crippen LogP contribution in [0.5, 0.6) is 0 Å². The Morgan fingerprint density at radius 1 is 1.24 bits per heavy atom. The quantitative estimate of drug-likeness (QED) is 0.842. The van der Waals surface area contributed by atoms with Crippen LogP contribution < -0.4 is 0 Å². The van der Waals surface area contributed by atoms with E-state index in [0.29, 0.717) is 24.9 Å². The van der Waals surface area contributed by atoms with E-state index < -0.39 is 0 Å². The lowest BCUT2D eigenvalue weighted by atomic mass is 10.2. The smallest absolute Gasteiger partial charge is 0.230 e. The molecule has 1 aromatic rings. The molecule has 0 aliphatic carbocycles. The zero-order valence-corrected chi connectivity index (χ0v) is 12.7. The molecule has 0 spiro atoms. The molecular weight excluding hydrogens is 272 g/mol. The molecule has 2 aliphatic rings. The predicted octanol–water partition coefficient (Wildman–Crippen LogP) is 0.0703. The third-order valence-corrected chi connectivity index (χ3v) is 4.18. The van der Waals surface area contributed by atoms with Crippen LogP contribution in [0.25, 0.3) is 0 Å². The van der Waals surface area contributed by atoms with E-state index in [4.69, 9.17) is 9.15 Å². The summed E-state index contributed by atoms with van der Waals surface area (Å²) in [7, 11) is 0. The Bertz CT molecular complexity index is 459. The summed E-state index contributed by atoms with van der Waals surface area (Å²) in [6, 6.07) is 0.182. The molecule has 2 fully saturated rings. The van der Waals surface area contributed by atoms with Crippen LogP contribution in [0.15, 0.2) is 4.42 Å². The summed E-state index contributed by atoms with van der Waals surface area (Å²) in [6.45, 7) is 9.47. The average Bonchev–Trinajstić information content (AvgIpc) is 3.07. The number of rotatable bonds is 4. The van der Waals surface area contributed by atoms with Crippen LogP contribution in [0.1, 0.15) is 31.5 Å². The Balaban J connectivity index is 1.57. The molecule has 7 nitrogen and oxygen atoms in total. The van der Waals surface area contributed by atoms with Crippen molar-refractivity contribution in [3.05, 3.63) is 11.8 Å². The number of hydrogen-bond acceptors (Lipinski definition) is 7. The summed E-state index contributed by atoms with van der Waals surface area (Å²) in [5, 5.41) is 18.4. The summed E-state index contributed by atoms with van der Waals surface area (Å²) >= 11 is 0. The highest BCUT2D eigenvalue weighted by atomic mass is 16.5. The Morgan fingerprint density at radius 3 is 2.67 bits per heavy atom. The number of aliphatic hydroxyl groups excluding tert-OH is 1. The molecule has 0 unspecified atom stereocenters. The predicted molar refractivity (Wildman–Crippen MR) is 75.9 cm³/mol. The van der Waals surface area contributed by atoms with Gasteiger partial charge in [0.05, 0.1) is 25.9 Å². The van der Waals surface area contributed by atoms with Crippen molar-refractivity contribution in [1.82, 2.24) is 20.0 Å². The van der Waals surface area contributed by atoms with E-state index in [-0.39, 0.29) is 18.1 Å². The highest BCUT2D eigenvalue weighted by molar-refractivity contribution is 4.94. The lowest BCUT2D eigenvalue weighted by Gasteiger charge is -2.33. The Morgan fingerprint density at radius 2 is 2.00 bits per heavy atom. The minimum Gasteiger partial charge on any atom is -0.424 e. The number of nitrogens with zero attached hydrogens (tertiary/aromatic N) is 4. The highest BCUT2D eigenvalue weighted by Gasteiger charge is 2.36. The molecule has 3 rings (SSSR count). The third kappa shape index (κ3) is 3.42. The first-order chi connectivity index (χ1) is 10.1. The van der Waals surface area contributed by atoms with Gasteiger partial charge in [-0.3, -0.25) is 9.80 Å². The number of β-amino-alcohol motifs (C(OH)–C–C–N with tert-alkyl or cyclic N) is 1.